The second kappa shape index (κ2) is 5.68. The van der Waals surface area contributed by atoms with Gasteiger partial charge in [0.2, 0.25) is 0 Å². The van der Waals surface area contributed by atoms with Crippen molar-refractivity contribution >= 4 is 11.8 Å². The van der Waals surface area contributed by atoms with Crippen LogP contribution in [0.1, 0.15) is 39.0 Å². The molecule has 0 amide bonds. The van der Waals surface area contributed by atoms with Gasteiger partial charge in [-0.2, -0.15) is 0 Å². The molecule has 0 radical (unpaired) electrons. The van der Waals surface area contributed by atoms with E-state index < -0.39 is 34.5 Å². The van der Waals surface area contributed by atoms with E-state index in [1.165, 1.54) is 0 Å². The predicted octanol–water partition coefficient (Wildman–Crippen LogP) is 5.17. The third kappa shape index (κ3) is 2.60. The maximum Gasteiger partial charge on any atom is 0.171 e. The molecule has 18 heavy (non-hydrogen) atoms. The van der Waals surface area contributed by atoms with Crippen molar-refractivity contribution in [2.24, 2.45) is 0 Å². The molecular formula is C13H16F4S. The van der Waals surface area contributed by atoms with Crippen LogP contribution in [0.2, 0.25) is 0 Å². The quantitative estimate of drug-likeness (QED) is 0.629. The van der Waals surface area contributed by atoms with Gasteiger partial charge in [0.15, 0.2) is 24.0 Å². The molecule has 2 aliphatic carbocycles. The van der Waals surface area contributed by atoms with Crippen molar-refractivity contribution < 1.29 is 17.6 Å². The molecule has 0 aliphatic heterocycles. The van der Waals surface area contributed by atoms with Crippen molar-refractivity contribution in [3.05, 3.63) is 22.1 Å². The summed E-state index contributed by atoms with van der Waals surface area (Å²) >= 11 is 0.983. The molecule has 1 saturated carbocycles. The Hall–Kier alpha value is -0.450. The number of hydrogen-bond acceptors (Lipinski definition) is 1. The molecule has 0 bridgehead atoms. The Morgan fingerprint density at radius 1 is 0.944 bits per heavy atom. The van der Waals surface area contributed by atoms with Crippen LogP contribution in [0.4, 0.5) is 17.6 Å². The van der Waals surface area contributed by atoms with E-state index in [9.17, 15) is 17.6 Å². The number of allylic oxidation sites excluding steroid dienone is 4. The fourth-order valence-electron chi connectivity index (χ4n) is 2.36. The first-order valence-corrected chi connectivity index (χ1v) is 7.11. The smallest absolute Gasteiger partial charge is 0.171 e. The lowest BCUT2D eigenvalue weighted by Gasteiger charge is -2.27. The molecule has 2 aliphatic rings. The summed E-state index contributed by atoms with van der Waals surface area (Å²) in [7, 11) is 0. The highest BCUT2D eigenvalue weighted by Crippen LogP contribution is 2.44. The van der Waals surface area contributed by atoms with Crippen LogP contribution in [-0.4, -0.2) is 17.6 Å². The molecule has 102 valence electrons. The van der Waals surface area contributed by atoms with Crippen molar-refractivity contribution in [2.75, 3.05) is 0 Å². The van der Waals surface area contributed by atoms with Crippen molar-refractivity contribution in [1.29, 1.82) is 0 Å². The van der Waals surface area contributed by atoms with E-state index in [2.05, 4.69) is 0 Å². The fourth-order valence-corrected chi connectivity index (χ4v) is 3.73. The van der Waals surface area contributed by atoms with E-state index in [-0.39, 0.29) is 5.25 Å². The van der Waals surface area contributed by atoms with Crippen LogP contribution in [0.5, 0.6) is 0 Å². The summed E-state index contributed by atoms with van der Waals surface area (Å²) in [6, 6.07) is 0. The molecule has 0 aromatic rings. The standard InChI is InChI=1S/C13H16F4S/c1-7-9(14)11(16)13(12(17)10(7)15)18-8-5-3-2-4-6-8/h8-9,11H,2-6H2,1H3. The first-order valence-electron chi connectivity index (χ1n) is 6.23. The summed E-state index contributed by atoms with van der Waals surface area (Å²) in [4.78, 5) is -0.391. The van der Waals surface area contributed by atoms with Crippen LogP contribution in [0.3, 0.4) is 0 Å². The molecule has 5 heteroatoms. The molecule has 0 heterocycles. The van der Waals surface area contributed by atoms with Gasteiger partial charge in [0.1, 0.15) is 0 Å². The zero-order chi connectivity index (χ0) is 13.3. The normalized spacial score (nSPS) is 31.2. The molecule has 0 N–H and O–H groups in total. The van der Waals surface area contributed by atoms with E-state index in [1.807, 2.05) is 0 Å². The van der Waals surface area contributed by atoms with Gasteiger partial charge in [-0.05, 0) is 19.8 Å². The first kappa shape index (κ1) is 14.0. The van der Waals surface area contributed by atoms with Gasteiger partial charge in [-0.25, -0.2) is 17.6 Å². The Balaban J connectivity index is 2.18. The monoisotopic (exact) mass is 280 g/mol. The van der Waals surface area contributed by atoms with Gasteiger partial charge in [-0.15, -0.1) is 11.8 Å². The van der Waals surface area contributed by atoms with E-state index in [0.29, 0.717) is 0 Å². The minimum Gasteiger partial charge on any atom is -0.239 e. The predicted molar refractivity (Wildman–Crippen MR) is 66.2 cm³/mol. The fraction of sp³-hybridized carbons (Fsp3) is 0.692. The van der Waals surface area contributed by atoms with Crippen LogP contribution in [0.15, 0.2) is 22.1 Å². The Labute approximate surface area is 109 Å². The summed E-state index contributed by atoms with van der Waals surface area (Å²) in [5.74, 6) is -2.43. The van der Waals surface area contributed by atoms with Crippen molar-refractivity contribution in [3.8, 4) is 0 Å². The molecule has 2 atom stereocenters. The van der Waals surface area contributed by atoms with Crippen molar-refractivity contribution in [2.45, 2.75) is 56.6 Å². The van der Waals surface area contributed by atoms with E-state index in [1.54, 1.807) is 0 Å². The average Bonchev–Trinajstić information content (AvgIpc) is 2.40. The summed E-state index contributed by atoms with van der Waals surface area (Å²) in [6.07, 6.45) is 0.744. The summed E-state index contributed by atoms with van der Waals surface area (Å²) in [5.41, 5.74) is -0.479. The van der Waals surface area contributed by atoms with Gasteiger partial charge >= 0.3 is 0 Å². The zero-order valence-corrected chi connectivity index (χ0v) is 11.0. The molecule has 2 rings (SSSR count). The van der Waals surface area contributed by atoms with Gasteiger partial charge < -0.3 is 0 Å². The van der Waals surface area contributed by atoms with Gasteiger partial charge in [0.05, 0.1) is 4.91 Å². The highest BCUT2D eigenvalue weighted by atomic mass is 32.2. The number of hydrogen-bond donors (Lipinski definition) is 0. The van der Waals surface area contributed by atoms with E-state index in [0.717, 1.165) is 50.8 Å². The number of thioether (sulfide) groups is 1. The van der Waals surface area contributed by atoms with Crippen molar-refractivity contribution in [1.82, 2.24) is 0 Å². The van der Waals surface area contributed by atoms with Crippen LogP contribution in [-0.2, 0) is 0 Å². The van der Waals surface area contributed by atoms with Gasteiger partial charge in [0, 0.05) is 10.8 Å². The number of rotatable bonds is 2. The SMILES string of the molecule is CC1=C(F)C(F)=C(SC2CCCCC2)C(F)C1F. The van der Waals surface area contributed by atoms with Crippen LogP contribution in [0.25, 0.3) is 0 Å². The molecular weight excluding hydrogens is 264 g/mol. The Kier molecular flexibility index (Phi) is 4.41. The van der Waals surface area contributed by atoms with Crippen molar-refractivity contribution in [3.63, 3.8) is 0 Å². The van der Waals surface area contributed by atoms with E-state index in [4.69, 9.17) is 0 Å². The lowest BCUT2D eigenvalue weighted by atomic mass is 10.0. The number of alkyl halides is 2. The maximum absolute atomic E-state index is 13.8. The molecule has 1 fully saturated rings. The summed E-state index contributed by atoms with van der Waals surface area (Å²) in [6.45, 7) is 1.09. The Morgan fingerprint density at radius 3 is 2.17 bits per heavy atom. The average molecular weight is 280 g/mol. The molecule has 0 aromatic carbocycles. The van der Waals surface area contributed by atoms with Gasteiger partial charge in [-0.3, -0.25) is 0 Å². The highest BCUT2D eigenvalue weighted by Gasteiger charge is 2.38. The summed E-state index contributed by atoms with van der Waals surface area (Å²) < 4.78 is 54.4. The second-order valence-corrected chi connectivity index (χ2v) is 6.20. The van der Waals surface area contributed by atoms with E-state index >= 15 is 0 Å². The third-order valence-corrected chi connectivity index (χ3v) is 4.99. The Bertz CT molecular complexity index is 382. The zero-order valence-electron chi connectivity index (χ0n) is 10.2. The number of halogens is 4. The van der Waals surface area contributed by atoms with Gasteiger partial charge in [0.25, 0.3) is 0 Å². The highest BCUT2D eigenvalue weighted by molar-refractivity contribution is 8.03. The van der Waals surface area contributed by atoms with Crippen LogP contribution in [0, 0.1) is 0 Å². The first-order chi connectivity index (χ1) is 8.52. The molecule has 0 saturated heterocycles. The molecule has 0 spiro atoms. The molecule has 2 unspecified atom stereocenters. The second-order valence-electron chi connectivity index (χ2n) is 4.86. The lowest BCUT2D eigenvalue weighted by molar-refractivity contribution is 0.219. The van der Waals surface area contributed by atoms with Crippen LogP contribution >= 0.6 is 11.8 Å². The minimum absolute atomic E-state index is 0.0798. The lowest BCUT2D eigenvalue weighted by Crippen LogP contribution is -2.26. The largest absolute Gasteiger partial charge is 0.239 e. The third-order valence-electron chi connectivity index (χ3n) is 3.52. The topological polar surface area (TPSA) is 0 Å². The minimum atomic E-state index is -2.06. The van der Waals surface area contributed by atoms with Gasteiger partial charge in [-0.1, -0.05) is 19.3 Å². The maximum atomic E-state index is 13.8. The van der Waals surface area contributed by atoms with Crippen LogP contribution < -0.4 is 0 Å². The molecule has 0 nitrogen and oxygen atoms in total. The Morgan fingerprint density at radius 2 is 1.56 bits per heavy atom. The molecule has 0 aromatic heterocycles. The summed E-state index contributed by atoms with van der Waals surface area (Å²) in [5, 5.41) is 0.0798.